The molecule has 6 nitrogen and oxygen atoms in total. The van der Waals surface area contributed by atoms with Crippen LogP contribution in [0, 0.1) is 11.3 Å². The number of likely N-dealkylation sites (tertiary alicyclic amines) is 2. The van der Waals surface area contributed by atoms with Crippen molar-refractivity contribution in [3.8, 4) is 0 Å². The molecule has 1 aromatic rings. The van der Waals surface area contributed by atoms with Crippen LogP contribution in [-0.4, -0.2) is 60.4 Å². The molecule has 2 amide bonds. The van der Waals surface area contributed by atoms with E-state index in [0.717, 1.165) is 5.56 Å². The third-order valence-electron chi connectivity index (χ3n) is 6.11. The molecule has 2 aliphatic rings. The Balaban J connectivity index is 1.67. The minimum atomic E-state index is -0.652. The molecule has 0 saturated carbocycles. The molecule has 1 atom stereocenters. The van der Waals surface area contributed by atoms with Crippen LogP contribution in [-0.2, 0) is 25.5 Å². The van der Waals surface area contributed by atoms with E-state index < -0.39 is 5.41 Å². The number of piperidine rings is 1. The minimum Gasteiger partial charge on any atom is -0.466 e. The number of ether oxygens (including phenoxy) is 1. The van der Waals surface area contributed by atoms with Crippen molar-refractivity contribution in [1.82, 2.24) is 9.80 Å². The number of hydrogen-bond acceptors (Lipinski definition) is 4. The van der Waals surface area contributed by atoms with Crippen molar-refractivity contribution < 1.29 is 19.1 Å². The summed E-state index contributed by atoms with van der Waals surface area (Å²) in [5.41, 5.74) is 0.370. The maximum absolute atomic E-state index is 13.0. The number of hydrogen-bond donors (Lipinski definition) is 0. The Kier molecular flexibility index (Phi) is 7.19. The molecule has 0 spiro atoms. The van der Waals surface area contributed by atoms with Gasteiger partial charge in [0.05, 0.1) is 17.9 Å². The number of esters is 1. The lowest BCUT2D eigenvalue weighted by Crippen LogP contribution is -2.49. The Morgan fingerprint density at radius 1 is 1.27 bits per heavy atom. The molecule has 0 N–H and O–H groups in total. The fourth-order valence-electron chi connectivity index (χ4n) is 4.41. The minimum absolute atomic E-state index is 0.00105. The van der Waals surface area contributed by atoms with Gasteiger partial charge in [-0.2, -0.15) is 0 Å². The largest absolute Gasteiger partial charge is 0.466 e. The molecule has 1 aromatic carbocycles. The summed E-state index contributed by atoms with van der Waals surface area (Å²) in [6, 6.07) is 7.50. The molecule has 2 saturated heterocycles. The summed E-state index contributed by atoms with van der Waals surface area (Å²) in [4.78, 5) is 41.4. The van der Waals surface area contributed by atoms with Gasteiger partial charge in [-0.1, -0.05) is 29.8 Å². The zero-order valence-electron chi connectivity index (χ0n) is 17.4. The third kappa shape index (κ3) is 4.86. The number of nitrogens with zero attached hydrogens (tertiary/aromatic N) is 2. The van der Waals surface area contributed by atoms with E-state index in [0.29, 0.717) is 57.1 Å². The summed E-state index contributed by atoms with van der Waals surface area (Å²) in [6.45, 7) is 7.67. The van der Waals surface area contributed by atoms with E-state index >= 15 is 0 Å². The highest BCUT2D eigenvalue weighted by molar-refractivity contribution is 6.30. The van der Waals surface area contributed by atoms with Gasteiger partial charge >= 0.3 is 5.97 Å². The molecule has 7 heteroatoms. The standard InChI is InChI=1S/C23H29ClN2O4/c1-3-11-26-16-18(14-20(26)27)21(28)25-12-9-23(10-13-25,22(29)30-4-2)15-17-5-7-19(24)8-6-17/h3,5-8,18H,1,4,9-16H2,2H3/t18-/m1/s1. The number of halogens is 1. The van der Waals surface area contributed by atoms with Gasteiger partial charge in [0.15, 0.2) is 0 Å². The summed E-state index contributed by atoms with van der Waals surface area (Å²) >= 11 is 5.99. The van der Waals surface area contributed by atoms with Crippen LogP contribution in [0.5, 0.6) is 0 Å². The van der Waals surface area contributed by atoms with Crippen molar-refractivity contribution in [2.45, 2.75) is 32.6 Å². The maximum atomic E-state index is 13.0. The van der Waals surface area contributed by atoms with E-state index in [-0.39, 0.29) is 30.1 Å². The van der Waals surface area contributed by atoms with Crippen LogP contribution in [0.2, 0.25) is 5.02 Å². The van der Waals surface area contributed by atoms with Crippen molar-refractivity contribution in [3.05, 3.63) is 47.5 Å². The Morgan fingerprint density at radius 2 is 1.93 bits per heavy atom. The van der Waals surface area contributed by atoms with Crippen molar-refractivity contribution in [3.63, 3.8) is 0 Å². The molecular formula is C23H29ClN2O4. The van der Waals surface area contributed by atoms with Crippen molar-refractivity contribution in [1.29, 1.82) is 0 Å². The topological polar surface area (TPSA) is 66.9 Å². The second kappa shape index (κ2) is 9.65. The highest BCUT2D eigenvalue weighted by atomic mass is 35.5. The Labute approximate surface area is 182 Å². The second-order valence-electron chi connectivity index (χ2n) is 8.12. The van der Waals surface area contributed by atoms with Gasteiger partial charge < -0.3 is 14.5 Å². The molecule has 0 aromatic heterocycles. The molecule has 0 bridgehead atoms. The van der Waals surface area contributed by atoms with Crippen molar-refractivity contribution >= 4 is 29.4 Å². The Morgan fingerprint density at radius 3 is 2.53 bits per heavy atom. The number of rotatable bonds is 7. The van der Waals surface area contributed by atoms with Crippen LogP contribution in [0.3, 0.4) is 0 Å². The lowest BCUT2D eigenvalue weighted by atomic mass is 9.73. The van der Waals surface area contributed by atoms with Crippen LogP contribution < -0.4 is 0 Å². The molecule has 2 aliphatic heterocycles. The van der Waals surface area contributed by atoms with Gasteiger partial charge in [0.1, 0.15) is 0 Å². The number of carbonyl (C=O) groups is 3. The summed E-state index contributed by atoms with van der Waals surface area (Å²) < 4.78 is 5.40. The lowest BCUT2D eigenvalue weighted by Gasteiger charge is -2.40. The molecule has 162 valence electrons. The quantitative estimate of drug-likeness (QED) is 0.490. The average molecular weight is 433 g/mol. The first-order valence-electron chi connectivity index (χ1n) is 10.5. The predicted molar refractivity (Wildman–Crippen MR) is 115 cm³/mol. The van der Waals surface area contributed by atoms with E-state index in [1.165, 1.54) is 0 Å². The lowest BCUT2D eigenvalue weighted by molar-refractivity contribution is -0.160. The molecular weight excluding hydrogens is 404 g/mol. The number of carbonyl (C=O) groups excluding carboxylic acids is 3. The van der Waals surface area contributed by atoms with E-state index in [9.17, 15) is 14.4 Å². The predicted octanol–water partition coefficient (Wildman–Crippen LogP) is 3.09. The van der Waals surface area contributed by atoms with Gasteiger partial charge in [0.25, 0.3) is 0 Å². The van der Waals surface area contributed by atoms with Gasteiger partial charge in [-0.05, 0) is 43.9 Å². The van der Waals surface area contributed by atoms with Gasteiger partial charge in [0.2, 0.25) is 11.8 Å². The molecule has 0 aliphatic carbocycles. The van der Waals surface area contributed by atoms with Crippen molar-refractivity contribution in [2.24, 2.45) is 11.3 Å². The monoisotopic (exact) mass is 432 g/mol. The number of amides is 2. The zero-order chi connectivity index (χ0) is 21.7. The Hall–Kier alpha value is -2.34. The summed E-state index contributed by atoms with van der Waals surface area (Å²) in [6.07, 6.45) is 3.56. The number of benzene rings is 1. The summed E-state index contributed by atoms with van der Waals surface area (Å²) in [5, 5.41) is 0.654. The maximum Gasteiger partial charge on any atom is 0.312 e. The molecule has 3 rings (SSSR count). The van der Waals surface area contributed by atoms with E-state index in [1.807, 2.05) is 24.3 Å². The fourth-order valence-corrected chi connectivity index (χ4v) is 4.54. The summed E-state index contributed by atoms with van der Waals surface area (Å²) in [7, 11) is 0. The smallest absolute Gasteiger partial charge is 0.312 e. The highest BCUT2D eigenvalue weighted by Gasteiger charge is 2.45. The molecule has 0 radical (unpaired) electrons. The highest BCUT2D eigenvalue weighted by Crippen LogP contribution is 2.37. The second-order valence-corrected chi connectivity index (χ2v) is 8.55. The normalized spacial score (nSPS) is 20.9. The van der Waals surface area contributed by atoms with Crippen LogP contribution in [0.4, 0.5) is 0 Å². The van der Waals surface area contributed by atoms with Crippen molar-refractivity contribution in [2.75, 3.05) is 32.8 Å². The van der Waals surface area contributed by atoms with Crippen LogP contribution in [0.15, 0.2) is 36.9 Å². The first-order valence-corrected chi connectivity index (χ1v) is 10.9. The SMILES string of the molecule is C=CCN1C[C@H](C(=O)N2CCC(Cc3ccc(Cl)cc3)(C(=O)OCC)CC2)CC1=O. The van der Waals surface area contributed by atoms with Crippen LogP contribution >= 0.6 is 11.6 Å². The Bertz CT molecular complexity index is 800. The fraction of sp³-hybridized carbons (Fsp3) is 0.522. The van der Waals surface area contributed by atoms with Crippen LogP contribution in [0.1, 0.15) is 31.7 Å². The van der Waals surface area contributed by atoms with Gasteiger partial charge in [0, 0.05) is 37.6 Å². The van der Waals surface area contributed by atoms with E-state index in [2.05, 4.69) is 6.58 Å². The first kappa shape index (κ1) is 22.3. The van der Waals surface area contributed by atoms with Crippen LogP contribution in [0.25, 0.3) is 0 Å². The van der Waals surface area contributed by atoms with Gasteiger partial charge in [-0.15, -0.1) is 6.58 Å². The van der Waals surface area contributed by atoms with E-state index in [4.69, 9.17) is 16.3 Å². The van der Waals surface area contributed by atoms with E-state index in [1.54, 1.807) is 22.8 Å². The third-order valence-corrected chi connectivity index (χ3v) is 6.36. The molecule has 0 unspecified atom stereocenters. The molecule has 30 heavy (non-hydrogen) atoms. The molecule has 2 heterocycles. The molecule has 2 fully saturated rings. The average Bonchev–Trinajstić information content (AvgIpc) is 3.11. The zero-order valence-corrected chi connectivity index (χ0v) is 18.2. The van der Waals surface area contributed by atoms with Gasteiger partial charge in [-0.3, -0.25) is 14.4 Å². The summed E-state index contributed by atoms with van der Waals surface area (Å²) in [5.74, 6) is -0.531. The van der Waals surface area contributed by atoms with Gasteiger partial charge in [-0.25, -0.2) is 0 Å². The first-order chi connectivity index (χ1) is 14.4.